The second-order valence-corrected chi connectivity index (χ2v) is 3.07. The minimum Gasteiger partial charge on any atom is -0.298 e. The summed E-state index contributed by atoms with van der Waals surface area (Å²) >= 11 is 5.71. The normalized spacial score (nSPS) is 9.50. The zero-order valence-corrected chi connectivity index (χ0v) is 7.56. The summed E-state index contributed by atoms with van der Waals surface area (Å²) in [5.41, 5.74) is 2.32. The van der Waals surface area contributed by atoms with Gasteiger partial charge in [0.05, 0.1) is 0 Å². The fraction of sp³-hybridized carbons (Fsp3) is 0.100. The molecule has 0 unspecified atom stereocenters. The molecule has 0 N–H and O–H groups in total. The van der Waals surface area contributed by atoms with Crippen molar-refractivity contribution < 1.29 is 4.79 Å². The summed E-state index contributed by atoms with van der Waals surface area (Å²) in [6.07, 6.45) is 0.788. The van der Waals surface area contributed by atoms with E-state index in [9.17, 15) is 4.79 Å². The van der Waals surface area contributed by atoms with Gasteiger partial charge in [-0.25, -0.2) is 0 Å². The first-order valence-corrected chi connectivity index (χ1v) is 3.93. The molecule has 0 aliphatic heterocycles. The zero-order chi connectivity index (χ0) is 9.14. The lowest BCUT2D eigenvalue weighted by atomic mass is 10.0. The number of benzene rings is 1. The number of allylic oxidation sites excluding steroid dienone is 1. The molecule has 0 aliphatic carbocycles. The van der Waals surface area contributed by atoms with Crippen LogP contribution in [0.25, 0.3) is 5.57 Å². The average Bonchev–Trinajstić information content (AvgIpc) is 2.03. The Hall–Kier alpha value is -1.08. The largest absolute Gasteiger partial charge is 0.298 e. The number of hydrogen-bond donors (Lipinski definition) is 0. The predicted molar refractivity (Wildman–Crippen MR) is 51.5 cm³/mol. The number of halogens is 1. The number of rotatable bonds is 2. The molecule has 0 saturated heterocycles. The highest BCUT2D eigenvalue weighted by Crippen LogP contribution is 2.19. The second-order valence-electron chi connectivity index (χ2n) is 2.63. The van der Waals surface area contributed by atoms with Crippen LogP contribution in [0.1, 0.15) is 22.8 Å². The molecule has 62 valence electrons. The van der Waals surface area contributed by atoms with Crippen molar-refractivity contribution in [2.75, 3.05) is 0 Å². The van der Waals surface area contributed by atoms with Crippen LogP contribution < -0.4 is 0 Å². The third-order valence-corrected chi connectivity index (χ3v) is 1.84. The Morgan fingerprint density at radius 2 is 2.25 bits per heavy atom. The van der Waals surface area contributed by atoms with E-state index in [1.807, 2.05) is 6.92 Å². The lowest BCUT2D eigenvalue weighted by molar-refractivity contribution is 0.112. The molecule has 0 radical (unpaired) electrons. The highest BCUT2D eigenvalue weighted by atomic mass is 35.5. The van der Waals surface area contributed by atoms with Gasteiger partial charge in [0.2, 0.25) is 0 Å². The van der Waals surface area contributed by atoms with Gasteiger partial charge >= 0.3 is 0 Å². The van der Waals surface area contributed by atoms with Crippen LogP contribution in [0.5, 0.6) is 0 Å². The van der Waals surface area contributed by atoms with Crippen molar-refractivity contribution in [3.8, 4) is 0 Å². The van der Waals surface area contributed by atoms with E-state index >= 15 is 0 Å². The van der Waals surface area contributed by atoms with Gasteiger partial charge in [0.1, 0.15) is 0 Å². The van der Waals surface area contributed by atoms with Crippen molar-refractivity contribution in [2.24, 2.45) is 0 Å². The molecule has 0 bridgehead atoms. The Bertz CT molecular complexity index is 329. The summed E-state index contributed by atoms with van der Waals surface area (Å²) in [6.45, 7) is 5.62. The number of aldehydes is 1. The summed E-state index contributed by atoms with van der Waals surface area (Å²) in [5.74, 6) is 0. The van der Waals surface area contributed by atoms with Gasteiger partial charge in [-0.1, -0.05) is 29.8 Å². The van der Waals surface area contributed by atoms with Gasteiger partial charge in [-0.2, -0.15) is 0 Å². The monoisotopic (exact) mass is 180 g/mol. The van der Waals surface area contributed by atoms with Gasteiger partial charge in [0, 0.05) is 10.6 Å². The summed E-state index contributed by atoms with van der Waals surface area (Å²) in [7, 11) is 0. The van der Waals surface area contributed by atoms with Crippen molar-refractivity contribution in [2.45, 2.75) is 6.92 Å². The van der Waals surface area contributed by atoms with E-state index in [-0.39, 0.29) is 0 Å². The topological polar surface area (TPSA) is 17.1 Å². The average molecular weight is 181 g/mol. The van der Waals surface area contributed by atoms with E-state index in [0.717, 1.165) is 17.4 Å². The van der Waals surface area contributed by atoms with Crippen LogP contribution in [0.15, 0.2) is 24.8 Å². The molecule has 0 spiro atoms. The van der Waals surface area contributed by atoms with Crippen molar-refractivity contribution >= 4 is 23.5 Å². The molecule has 0 saturated carbocycles. The van der Waals surface area contributed by atoms with E-state index in [1.54, 1.807) is 18.2 Å². The molecule has 0 amide bonds. The molecule has 0 fully saturated rings. The van der Waals surface area contributed by atoms with Crippen molar-refractivity contribution in [3.05, 3.63) is 40.9 Å². The Kier molecular flexibility index (Phi) is 2.66. The first-order valence-electron chi connectivity index (χ1n) is 3.55. The lowest BCUT2D eigenvalue weighted by Crippen LogP contribution is -1.88. The molecular formula is C10H9ClO. The summed E-state index contributed by atoms with van der Waals surface area (Å²) in [4.78, 5) is 10.6. The van der Waals surface area contributed by atoms with Crippen LogP contribution in [0.4, 0.5) is 0 Å². The van der Waals surface area contributed by atoms with Gasteiger partial charge < -0.3 is 0 Å². The molecule has 0 heterocycles. The molecule has 1 aromatic rings. The first kappa shape index (κ1) is 9.01. The van der Waals surface area contributed by atoms with E-state index in [2.05, 4.69) is 6.58 Å². The van der Waals surface area contributed by atoms with Crippen LogP contribution in [0.3, 0.4) is 0 Å². The third-order valence-electron chi connectivity index (χ3n) is 1.60. The summed E-state index contributed by atoms with van der Waals surface area (Å²) in [5, 5.41) is 0.571. The highest BCUT2D eigenvalue weighted by Gasteiger charge is 2.01. The fourth-order valence-corrected chi connectivity index (χ4v) is 1.20. The quantitative estimate of drug-likeness (QED) is 0.639. The lowest BCUT2D eigenvalue weighted by Gasteiger charge is -2.02. The van der Waals surface area contributed by atoms with E-state index in [4.69, 9.17) is 11.6 Å². The number of carbonyl (C=O) groups is 1. The molecule has 0 aliphatic rings. The Morgan fingerprint density at radius 1 is 1.58 bits per heavy atom. The van der Waals surface area contributed by atoms with Crippen LogP contribution >= 0.6 is 11.6 Å². The van der Waals surface area contributed by atoms with Crippen LogP contribution in [0, 0.1) is 0 Å². The maximum Gasteiger partial charge on any atom is 0.150 e. The maximum atomic E-state index is 10.6. The van der Waals surface area contributed by atoms with Gasteiger partial charge in [0.25, 0.3) is 0 Å². The first-order chi connectivity index (χ1) is 5.65. The molecule has 2 heteroatoms. The molecule has 0 aromatic heterocycles. The summed E-state index contributed by atoms with van der Waals surface area (Å²) < 4.78 is 0. The smallest absolute Gasteiger partial charge is 0.150 e. The molecular weight excluding hydrogens is 172 g/mol. The van der Waals surface area contributed by atoms with Gasteiger partial charge in [-0.05, 0) is 24.6 Å². The number of carbonyl (C=O) groups excluding carboxylic acids is 1. The molecule has 1 rings (SSSR count). The SMILES string of the molecule is C=C(C)c1ccc(Cl)cc1C=O. The van der Waals surface area contributed by atoms with Gasteiger partial charge in [-0.3, -0.25) is 4.79 Å². The van der Waals surface area contributed by atoms with Crippen molar-refractivity contribution in [3.63, 3.8) is 0 Å². The van der Waals surface area contributed by atoms with Crippen molar-refractivity contribution in [1.29, 1.82) is 0 Å². The van der Waals surface area contributed by atoms with Crippen LogP contribution in [-0.4, -0.2) is 6.29 Å². The van der Waals surface area contributed by atoms with E-state index < -0.39 is 0 Å². The molecule has 12 heavy (non-hydrogen) atoms. The van der Waals surface area contributed by atoms with E-state index in [1.165, 1.54) is 0 Å². The minimum absolute atomic E-state index is 0.571. The summed E-state index contributed by atoms with van der Waals surface area (Å²) in [6, 6.07) is 5.19. The second kappa shape index (κ2) is 3.55. The van der Waals surface area contributed by atoms with Crippen LogP contribution in [0.2, 0.25) is 5.02 Å². The van der Waals surface area contributed by atoms with Crippen molar-refractivity contribution in [1.82, 2.24) is 0 Å². The van der Waals surface area contributed by atoms with Gasteiger partial charge in [0.15, 0.2) is 6.29 Å². The Labute approximate surface area is 76.7 Å². The maximum absolute atomic E-state index is 10.6. The highest BCUT2D eigenvalue weighted by molar-refractivity contribution is 6.30. The van der Waals surface area contributed by atoms with Gasteiger partial charge in [-0.15, -0.1) is 0 Å². The van der Waals surface area contributed by atoms with E-state index in [0.29, 0.717) is 10.6 Å². The fourth-order valence-electron chi connectivity index (χ4n) is 1.02. The molecule has 1 nitrogen and oxygen atoms in total. The molecule has 0 atom stereocenters. The minimum atomic E-state index is 0.571. The Balaban J connectivity index is 3.29. The number of hydrogen-bond acceptors (Lipinski definition) is 1. The predicted octanol–water partition coefficient (Wildman–Crippen LogP) is 3.19. The standard InChI is InChI=1S/C10H9ClO/c1-7(2)10-4-3-9(11)5-8(10)6-12/h3-6H,1H2,2H3. The molecule has 1 aromatic carbocycles. The zero-order valence-electron chi connectivity index (χ0n) is 6.80. The van der Waals surface area contributed by atoms with Crippen LogP contribution in [-0.2, 0) is 0 Å². The Morgan fingerprint density at radius 3 is 2.75 bits per heavy atom. The third kappa shape index (κ3) is 1.74.